The Balaban J connectivity index is 1.62. The van der Waals surface area contributed by atoms with Crippen LogP contribution in [0.3, 0.4) is 0 Å². The molecule has 28 heavy (non-hydrogen) atoms. The van der Waals surface area contributed by atoms with Crippen molar-refractivity contribution >= 4 is 29.3 Å². The molecule has 6 nitrogen and oxygen atoms in total. The molecular weight excluding hydrogens is 372 g/mol. The molecule has 1 N–H and O–H groups in total. The first-order valence-corrected chi connectivity index (χ1v) is 9.76. The van der Waals surface area contributed by atoms with Crippen LogP contribution in [0.2, 0.25) is 0 Å². The zero-order valence-corrected chi connectivity index (χ0v) is 16.9. The molecule has 144 valence electrons. The van der Waals surface area contributed by atoms with Crippen molar-refractivity contribution in [2.45, 2.75) is 5.16 Å². The molecule has 0 aliphatic carbocycles. The normalized spacial score (nSPS) is 10.5. The number of benzene rings is 2. The van der Waals surface area contributed by atoms with E-state index in [9.17, 15) is 9.59 Å². The van der Waals surface area contributed by atoms with Gasteiger partial charge in [-0.1, -0.05) is 48.2 Å². The van der Waals surface area contributed by atoms with Gasteiger partial charge in [-0.15, -0.1) is 0 Å². The van der Waals surface area contributed by atoms with Gasteiger partial charge in [-0.05, 0) is 23.8 Å². The van der Waals surface area contributed by atoms with E-state index in [1.807, 2.05) is 48.1 Å². The second-order valence-electron chi connectivity index (χ2n) is 6.47. The van der Waals surface area contributed by atoms with E-state index in [2.05, 4.69) is 10.3 Å². The predicted molar refractivity (Wildman–Crippen MR) is 112 cm³/mol. The second-order valence-corrected chi connectivity index (χ2v) is 7.41. The lowest BCUT2D eigenvalue weighted by molar-refractivity contribution is -0.113. The molecule has 3 aromatic rings. The maximum absolute atomic E-state index is 12.3. The molecule has 1 aromatic heterocycles. The van der Waals surface area contributed by atoms with Crippen molar-refractivity contribution in [1.82, 2.24) is 14.5 Å². The number of hydrogen-bond acceptors (Lipinski definition) is 4. The highest BCUT2D eigenvalue weighted by molar-refractivity contribution is 7.99. The van der Waals surface area contributed by atoms with Crippen LogP contribution in [0.5, 0.6) is 0 Å². The van der Waals surface area contributed by atoms with Gasteiger partial charge in [0.15, 0.2) is 5.16 Å². The predicted octanol–water partition coefficient (Wildman–Crippen LogP) is 3.52. The zero-order valence-electron chi connectivity index (χ0n) is 16.0. The molecule has 7 heteroatoms. The monoisotopic (exact) mass is 394 g/mol. The number of carbonyl (C=O) groups is 2. The first kappa shape index (κ1) is 19.7. The Hall–Kier alpha value is -3.06. The van der Waals surface area contributed by atoms with Crippen LogP contribution in [0.25, 0.3) is 11.3 Å². The van der Waals surface area contributed by atoms with E-state index in [0.29, 0.717) is 11.3 Å². The number of nitrogens with zero attached hydrogens (tertiary/aromatic N) is 3. The van der Waals surface area contributed by atoms with Gasteiger partial charge in [-0.25, -0.2) is 4.98 Å². The number of hydrogen-bond donors (Lipinski definition) is 1. The molecule has 1 heterocycles. The van der Waals surface area contributed by atoms with Gasteiger partial charge < -0.3 is 14.8 Å². The van der Waals surface area contributed by atoms with Crippen molar-refractivity contribution in [3.63, 3.8) is 0 Å². The number of imidazole rings is 1. The number of rotatable bonds is 6. The highest BCUT2D eigenvalue weighted by Crippen LogP contribution is 2.24. The van der Waals surface area contributed by atoms with Gasteiger partial charge in [-0.3, -0.25) is 9.59 Å². The van der Waals surface area contributed by atoms with E-state index < -0.39 is 0 Å². The van der Waals surface area contributed by atoms with Gasteiger partial charge in [0, 0.05) is 32.4 Å². The summed E-state index contributed by atoms with van der Waals surface area (Å²) in [7, 11) is 5.33. The van der Waals surface area contributed by atoms with Crippen LogP contribution in [-0.2, 0) is 11.8 Å². The molecular formula is C21H22N4O2S. The van der Waals surface area contributed by atoms with E-state index in [1.54, 1.807) is 38.4 Å². The largest absolute Gasteiger partial charge is 0.345 e. The fraction of sp³-hybridized carbons (Fsp3) is 0.190. The van der Waals surface area contributed by atoms with Gasteiger partial charge in [0.2, 0.25) is 5.91 Å². The van der Waals surface area contributed by atoms with Crippen molar-refractivity contribution in [3.05, 3.63) is 66.4 Å². The van der Waals surface area contributed by atoms with Crippen LogP contribution >= 0.6 is 11.8 Å². The molecule has 0 bridgehead atoms. The summed E-state index contributed by atoms with van der Waals surface area (Å²) in [4.78, 5) is 30.3. The molecule has 0 saturated heterocycles. The van der Waals surface area contributed by atoms with Crippen LogP contribution in [-0.4, -0.2) is 46.1 Å². The van der Waals surface area contributed by atoms with Crippen molar-refractivity contribution in [1.29, 1.82) is 0 Å². The molecule has 0 atom stereocenters. The van der Waals surface area contributed by atoms with Crippen molar-refractivity contribution in [2.24, 2.45) is 7.05 Å². The summed E-state index contributed by atoms with van der Waals surface area (Å²) in [6.45, 7) is 0. The average molecular weight is 395 g/mol. The van der Waals surface area contributed by atoms with E-state index >= 15 is 0 Å². The first-order valence-electron chi connectivity index (χ1n) is 8.77. The lowest BCUT2D eigenvalue weighted by atomic mass is 10.2. The Morgan fingerprint density at radius 1 is 1.11 bits per heavy atom. The molecule has 0 fully saturated rings. The minimum Gasteiger partial charge on any atom is -0.345 e. The van der Waals surface area contributed by atoms with E-state index in [1.165, 1.54) is 16.7 Å². The van der Waals surface area contributed by atoms with Crippen LogP contribution in [0.4, 0.5) is 5.69 Å². The maximum Gasteiger partial charge on any atom is 0.253 e. The molecule has 0 aliphatic rings. The number of carbonyl (C=O) groups excluding carboxylic acids is 2. The second kappa shape index (κ2) is 8.75. The number of thioether (sulfide) groups is 1. The van der Waals surface area contributed by atoms with Gasteiger partial charge >= 0.3 is 0 Å². The highest BCUT2D eigenvalue weighted by atomic mass is 32.2. The third-order valence-electron chi connectivity index (χ3n) is 4.15. The fourth-order valence-electron chi connectivity index (χ4n) is 2.72. The highest BCUT2D eigenvalue weighted by Gasteiger charge is 2.12. The topological polar surface area (TPSA) is 67.2 Å². The summed E-state index contributed by atoms with van der Waals surface area (Å²) < 4.78 is 1.98. The minimum absolute atomic E-state index is 0.105. The third-order valence-corrected chi connectivity index (χ3v) is 5.19. The Labute approximate surface area is 168 Å². The van der Waals surface area contributed by atoms with Crippen LogP contribution in [0.15, 0.2) is 66.0 Å². The molecule has 2 amide bonds. The first-order chi connectivity index (χ1) is 13.5. The fourth-order valence-corrected chi connectivity index (χ4v) is 3.47. The lowest BCUT2D eigenvalue weighted by Crippen LogP contribution is -2.22. The molecule has 0 spiro atoms. The van der Waals surface area contributed by atoms with Crippen LogP contribution < -0.4 is 5.32 Å². The molecule has 3 rings (SSSR count). The van der Waals surface area contributed by atoms with Crippen LogP contribution in [0.1, 0.15) is 10.4 Å². The van der Waals surface area contributed by atoms with Gasteiger partial charge in [-0.2, -0.15) is 0 Å². The van der Waals surface area contributed by atoms with E-state index in [-0.39, 0.29) is 17.6 Å². The zero-order chi connectivity index (χ0) is 20.1. The quantitative estimate of drug-likeness (QED) is 0.650. The van der Waals surface area contributed by atoms with E-state index in [4.69, 9.17) is 0 Å². The molecule has 0 aliphatic heterocycles. The molecule has 0 saturated carbocycles. The summed E-state index contributed by atoms with van der Waals surface area (Å²) in [6.07, 6.45) is 1.81. The number of anilines is 1. The number of amides is 2. The Kier molecular flexibility index (Phi) is 6.16. The SMILES string of the molecule is CN(C)C(=O)c1cccc(NC(=O)CSc2ncc(-c3ccccc3)n2C)c1. The molecule has 0 unspecified atom stereocenters. The molecule has 0 radical (unpaired) electrons. The summed E-state index contributed by atoms with van der Waals surface area (Å²) >= 11 is 1.37. The summed E-state index contributed by atoms with van der Waals surface area (Å²) in [5.41, 5.74) is 3.21. The van der Waals surface area contributed by atoms with Gasteiger partial charge in [0.05, 0.1) is 17.6 Å². The van der Waals surface area contributed by atoms with Gasteiger partial charge in [0.1, 0.15) is 0 Å². The smallest absolute Gasteiger partial charge is 0.253 e. The Morgan fingerprint density at radius 3 is 2.57 bits per heavy atom. The summed E-state index contributed by atoms with van der Waals surface area (Å²) in [6, 6.07) is 16.9. The standard InChI is InChI=1S/C21H22N4O2S/c1-24(2)20(27)16-10-7-11-17(12-16)23-19(26)14-28-21-22-13-18(25(21)3)15-8-5-4-6-9-15/h4-13H,14H2,1-3H3,(H,23,26). The van der Waals surface area contributed by atoms with Crippen molar-refractivity contribution < 1.29 is 9.59 Å². The summed E-state index contributed by atoms with van der Waals surface area (Å²) in [5.74, 6) is -0.0269. The lowest BCUT2D eigenvalue weighted by Gasteiger charge is -2.11. The maximum atomic E-state index is 12.3. The summed E-state index contributed by atoms with van der Waals surface area (Å²) in [5, 5.41) is 3.61. The third kappa shape index (κ3) is 4.61. The Morgan fingerprint density at radius 2 is 1.86 bits per heavy atom. The van der Waals surface area contributed by atoms with Crippen molar-refractivity contribution in [2.75, 3.05) is 25.2 Å². The number of nitrogens with one attached hydrogen (secondary N) is 1. The van der Waals surface area contributed by atoms with Crippen LogP contribution in [0, 0.1) is 0 Å². The average Bonchev–Trinajstić information content (AvgIpc) is 3.07. The van der Waals surface area contributed by atoms with Crippen molar-refractivity contribution in [3.8, 4) is 11.3 Å². The van der Waals surface area contributed by atoms with Gasteiger partial charge in [0.25, 0.3) is 5.91 Å². The number of aromatic nitrogens is 2. The Bertz CT molecular complexity index is 983. The van der Waals surface area contributed by atoms with E-state index in [0.717, 1.165) is 16.4 Å². The molecule has 2 aromatic carbocycles. The minimum atomic E-state index is -0.149.